The average Bonchev–Trinajstić information content (AvgIpc) is 3.63. The third kappa shape index (κ3) is 5.65. The molecule has 6 heterocycles. The van der Waals surface area contributed by atoms with Crippen LogP contribution in [0.1, 0.15) is 62.6 Å². The molecule has 1 saturated heterocycles. The Labute approximate surface area is 275 Å². The molecule has 1 aromatic carbocycles. The van der Waals surface area contributed by atoms with Crippen LogP contribution in [0.3, 0.4) is 0 Å². The fourth-order valence-electron chi connectivity index (χ4n) is 6.63. The summed E-state index contributed by atoms with van der Waals surface area (Å²) >= 11 is 6.74. The summed E-state index contributed by atoms with van der Waals surface area (Å²) in [7, 11) is 3.58. The lowest BCUT2D eigenvalue weighted by Gasteiger charge is -2.34. The van der Waals surface area contributed by atoms with Gasteiger partial charge in [-0.15, -0.1) is 0 Å². The molecule has 246 valence electrons. The highest BCUT2D eigenvalue weighted by Gasteiger charge is 2.37. The number of halogens is 3. The van der Waals surface area contributed by atoms with Crippen molar-refractivity contribution in [3.63, 3.8) is 0 Å². The van der Waals surface area contributed by atoms with Gasteiger partial charge in [0.1, 0.15) is 40.7 Å². The zero-order chi connectivity index (χ0) is 33.0. The van der Waals surface area contributed by atoms with Gasteiger partial charge in [-0.3, -0.25) is 5.10 Å². The summed E-state index contributed by atoms with van der Waals surface area (Å²) in [6.45, 7) is 6.57. The predicted molar refractivity (Wildman–Crippen MR) is 177 cm³/mol. The zero-order valence-corrected chi connectivity index (χ0v) is 27.4. The number of ether oxygens (including phenoxy) is 2. The number of pyridine rings is 2. The largest absolute Gasteiger partial charge is 0.475 e. The topological polar surface area (TPSA) is 131 Å². The third-order valence-corrected chi connectivity index (χ3v) is 9.46. The van der Waals surface area contributed by atoms with Gasteiger partial charge in [-0.2, -0.15) is 15.1 Å². The lowest BCUT2D eigenvalue weighted by molar-refractivity contribution is 0.282. The summed E-state index contributed by atoms with van der Waals surface area (Å²) in [6.07, 6.45) is 7.42. The molecule has 1 saturated carbocycles. The van der Waals surface area contributed by atoms with Gasteiger partial charge < -0.3 is 25.0 Å². The molecule has 5 aromatic rings. The van der Waals surface area contributed by atoms with E-state index in [1.54, 1.807) is 6.20 Å². The number of nitrogens with zero attached hydrogens (tertiary/aromatic N) is 7. The number of nitrogens with one attached hydrogen (secondary N) is 1. The highest BCUT2D eigenvalue weighted by Crippen LogP contribution is 2.51. The molecule has 0 bridgehead atoms. The van der Waals surface area contributed by atoms with Gasteiger partial charge in [0.05, 0.1) is 37.1 Å². The van der Waals surface area contributed by atoms with Gasteiger partial charge in [-0.1, -0.05) is 11.6 Å². The molecule has 47 heavy (non-hydrogen) atoms. The molecule has 2 fully saturated rings. The van der Waals surface area contributed by atoms with Crippen molar-refractivity contribution in [3.8, 4) is 23.1 Å². The van der Waals surface area contributed by atoms with Crippen molar-refractivity contribution in [1.29, 1.82) is 0 Å². The summed E-state index contributed by atoms with van der Waals surface area (Å²) in [6, 6.07) is 2.26. The molecule has 4 aromatic heterocycles. The lowest BCUT2D eigenvalue weighted by Crippen LogP contribution is -2.39. The lowest BCUT2D eigenvalue weighted by atomic mass is 9.95. The highest BCUT2D eigenvalue weighted by molar-refractivity contribution is 6.33. The average molecular weight is 664 g/mol. The molecule has 14 heteroatoms. The number of H-pyrrole nitrogens is 1. The molecule has 1 unspecified atom stereocenters. The number of methoxy groups -OCH3 is 1. The first-order valence-electron chi connectivity index (χ1n) is 15.8. The first-order chi connectivity index (χ1) is 22.7. The van der Waals surface area contributed by atoms with Gasteiger partial charge in [0.2, 0.25) is 5.88 Å². The smallest absolute Gasteiger partial charge is 0.318 e. The molecule has 2 atom stereocenters. The summed E-state index contributed by atoms with van der Waals surface area (Å²) in [4.78, 5) is 22.0. The van der Waals surface area contributed by atoms with Gasteiger partial charge in [0.25, 0.3) is 0 Å². The maximum atomic E-state index is 16.8. The zero-order valence-electron chi connectivity index (χ0n) is 26.6. The standard InChI is InChI=1S/C28H25ClF2N8O2.C5H11N/c1-11-10-41-27-21-24(36-28(40-3)37-26(21)39(11)12(2)15-6-14(30)8-33-25(15)32)22(31)23(35-27)20-16-9-34-38-18(16)7-17(29)19(20)13-4-5-13;1-6-4-2-3-5-6/h6-9,11-13H,4-5,10H2,1-3H3,(H2,32,33)(H,34,38);2-5H2,1H3/t11-,12?;/m0./s1. The van der Waals surface area contributed by atoms with Crippen LogP contribution in [0.5, 0.6) is 11.9 Å². The Morgan fingerprint density at radius 3 is 2.57 bits per heavy atom. The number of nitrogen functional groups attached to an aromatic ring is 1. The monoisotopic (exact) mass is 663 g/mol. The number of hydrogen-bond donors (Lipinski definition) is 2. The van der Waals surface area contributed by atoms with Crippen molar-refractivity contribution in [3.05, 3.63) is 52.3 Å². The van der Waals surface area contributed by atoms with Gasteiger partial charge in [0, 0.05) is 21.5 Å². The van der Waals surface area contributed by atoms with E-state index in [1.807, 2.05) is 24.8 Å². The maximum Gasteiger partial charge on any atom is 0.318 e. The van der Waals surface area contributed by atoms with Crippen LogP contribution in [0.4, 0.5) is 20.4 Å². The molecule has 8 rings (SSSR count). The second-order valence-electron chi connectivity index (χ2n) is 12.5. The van der Waals surface area contributed by atoms with Gasteiger partial charge >= 0.3 is 6.01 Å². The predicted octanol–water partition coefficient (Wildman–Crippen LogP) is 6.42. The van der Waals surface area contributed by atoms with Crippen molar-refractivity contribution >= 4 is 45.0 Å². The number of hydrogen-bond acceptors (Lipinski definition) is 10. The van der Waals surface area contributed by atoms with Crippen molar-refractivity contribution in [2.24, 2.45) is 0 Å². The first-order valence-corrected chi connectivity index (χ1v) is 16.2. The number of rotatable bonds is 5. The Morgan fingerprint density at radius 1 is 1.13 bits per heavy atom. The number of benzene rings is 1. The first kappa shape index (κ1) is 31.3. The summed E-state index contributed by atoms with van der Waals surface area (Å²) < 4.78 is 42.6. The Hall–Kier alpha value is -4.36. The Balaban J connectivity index is 0.000000529. The van der Waals surface area contributed by atoms with Gasteiger partial charge in [0.15, 0.2) is 5.82 Å². The van der Waals surface area contributed by atoms with Crippen LogP contribution < -0.4 is 20.1 Å². The Kier molecular flexibility index (Phi) is 8.21. The van der Waals surface area contributed by atoms with Crippen molar-refractivity contribution < 1.29 is 18.3 Å². The van der Waals surface area contributed by atoms with Crippen molar-refractivity contribution in [2.75, 3.05) is 44.5 Å². The molecular formula is C33H36ClF2N9O2. The number of nitrogens with two attached hydrogens (primary N) is 1. The van der Waals surface area contributed by atoms with E-state index in [9.17, 15) is 4.39 Å². The SMILES string of the molecule is CN1CCCC1.COc1nc2c3c(nc(-c4c(C5CC5)c(Cl)cc5[nH]ncc45)c(F)c3n1)OC[C@H](C)N2C(C)c1cc(F)cnc1N. The van der Waals surface area contributed by atoms with Gasteiger partial charge in [-0.25, -0.2) is 18.7 Å². The van der Waals surface area contributed by atoms with E-state index in [0.717, 1.165) is 24.6 Å². The van der Waals surface area contributed by atoms with E-state index >= 15 is 4.39 Å². The maximum absolute atomic E-state index is 16.8. The van der Waals surface area contributed by atoms with Crippen molar-refractivity contribution in [2.45, 2.75) is 57.5 Å². The molecule has 11 nitrogen and oxygen atoms in total. The minimum Gasteiger partial charge on any atom is -0.475 e. The van der Waals surface area contributed by atoms with E-state index in [1.165, 1.54) is 39.1 Å². The van der Waals surface area contributed by atoms with E-state index in [4.69, 9.17) is 31.8 Å². The van der Waals surface area contributed by atoms with Crippen LogP contribution in [-0.2, 0) is 0 Å². The summed E-state index contributed by atoms with van der Waals surface area (Å²) in [5.41, 5.74) is 8.68. The minimum absolute atomic E-state index is 0.0261. The van der Waals surface area contributed by atoms with E-state index in [-0.39, 0.29) is 52.9 Å². The highest BCUT2D eigenvalue weighted by atomic mass is 35.5. The molecule has 3 N–H and O–H groups in total. The van der Waals surface area contributed by atoms with Crippen LogP contribution in [0.25, 0.3) is 33.1 Å². The number of anilines is 2. The van der Waals surface area contributed by atoms with E-state index in [2.05, 4.69) is 37.1 Å². The van der Waals surface area contributed by atoms with Crippen LogP contribution in [0.15, 0.2) is 24.5 Å². The van der Waals surface area contributed by atoms with E-state index < -0.39 is 17.7 Å². The Bertz CT molecular complexity index is 1980. The van der Waals surface area contributed by atoms with Crippen LogP contribution >= 0.6 is 11.6 Å². The molecule has 0 radical (unpaired) electrons. The normalized spacial score (nSPS) is 18.5. The molecule has 2 aliphatic heterocycles. The number of likely N-dealkylation sites (tertiary alicyclic amines) is 1. The Morgan fingerprint density at radius 2 is 1.89 bits per heavy atom. The van der Waals surface area contributed by atoms with E-state index in [0.29, 0.717) is 32.9 Å². The van der Waals surface area contributed by atoms with Crippen molar-refractivity contribution in [1.82, 2.24) is 35.0 Å². The summed E-state index contributed by atoms with van der Waals surface area (Å²) in [5, 5.41) is 8.58. The van der Waals surface area contributed by atoms with Gasteiger partial charge in [-0.05, 0) is 83.3 Å². The fraction of sp³-hybridized carbons (Fsp3) is 0.424. The molecule has 0 amide bonds. The third-order valence-electron chi connectivity index (χ3n) is 9.15. The number of aromatic amines is 1. The quantitative estimate of drug-likeness (QED) is 0.217. The second-order valence-corrected chi connectivity index (χ2v) is 12.9. The van der Waals surface area contributed by atoms with Crippen LogP contribution in [0.2, 0.25) is 5.02 Å². The molecular weight excluding hydrogens is 628 g/mol. The van der Waals surface area contributed by atoms with Crippen LogP contribution in [0, 0.1) is 11.6 Å². The number of aromatic nitrogens is 6. The molecule has 1 aliphatic carbocycles. The number of fused-ring (bicyclic) bond motifs is 1. The summed E-state index contributed by atoms with van der Waals surface area (Å²) in [5.74, 6) is -0.351. The molecule has 0 spiro atoms. The van der Waals surface area contributed by atoms with Crippen LogP contribution in [-0.4, -0.2) is 74.9 Å². The minimum atomic E-state index is -0.671. The fourth-order valence-corrected chi connectivity index (χ4v) is 6.99. The molecule has 3 aliphatic rings. The second kappa shape index (κ2) is 12.3.